The van der Waals surface area contributed by atoms with Crippen molar-refractivity contribution in [1.82, 2.24) is 5.32 Å². The molecule has 0 heterocycles. The number of hydrogen-bond acceptors (Lipinski definition) is 2. The van der Waals surface area contributed by atoms with Crippen LogP contribution in [0, 0.1) is 23.2 Å². The molecular weight excluding hydrogens is 218 g/mol. The van der Waals surface area contributed by atoms with E-state index in [4.69, 9.17) is 5.11 Å². The average molecular weight is 237 g/mol. The molecular formula is C13H19NO3. The minimum atomic E-state index is -0.759. The van der Waals surface area contributed by atoms with Gasteiger partial charge in [0, 0.05) is 12.5 Å². The standard InChI is InChI=1S/C13H19NO3/c15-11(10-6-8-1-2-9(10)5-8)14-7-13(3-4-13)12(16)17/h8-10H,1-7H2,(H,14,15)(H,16,17). The molecule has 1 amide bonds. The summed E-state index contributed by atoms with van der Waals surface area (Å²) >= 11 is 0. The molecule has 17 heavy (non-hydrogen) atoms. The molecule has 0 radical (unpaired) electrons. The van der Waals surface area contributed by atoms with Gasteiger partial charge in [-0.2, -0.15) is 0 Å². The lowest BCUT2D eigenvalue weighted by atomic mass is 9.88. The van der Waals surface area contributed by atoms with Crippen LogP contribution in [0.15, 0.2) is 0 Å². The summed E-state index contributed by atoms with van der Waals surface area (Å²) in [6.07, 6.45) is 6.12. The number of carbonyl (C=O) groups is 2. The van der Waals surface area contributed by atoms with E-state index in [2.05, 4.69) is 5.32 Å². The maximum absolute atomic E-state index is 12.0. The Bertz CT molecular complexity index is 362. The molecule has 0 aromatic rings. The SMILES string of the molecule is O=C(NCC1(C(=O)O)CC1)C1CC2CCC1C2. The first-order valence-electron chi connectivity index (χ1n) is 6.62. The van der Waals surface area contributed by atoms with Crippen molar-refractivity contribution in [3.8, 4) is 0 Å². The molecule has 3 aliphatic rings. The molecule has 4 heteroatoms. The maximum Gasteiger partial charge on any atom is 0.311 e. The number of aliphatic carboxylic acids is 1. The van der Waals surface area contributed by atoms with E-state index in [9.17, 15) is 9.59 Å². The van der Waals surface area contributed by atoms with Crippen molar-refractivity contribution in [3.05, 3.63) is 0 Å². The molecule has 3 rings (SSSR count). The molecule has 3 fully saturated rings. The van der Waals surface area contributed by atoms with Crippen LogP contribution in [-0.4, -0.2) is 23.5 Å². The minimum absolute atomic E-state index is 0.102. The van der Waals surface area contributed by atoms with Gasteiger partial charge in [-0.3, -0.25) is 9.59 Å². The number of rotatable bonds is 4. The van der Waals surface area contributed by atoms with Crippen LogP contribution >= 0.6 is 0 Å². The summed E-state index contributed by atoms with van der Waals surface area (Å²) < 4.78 is 0. The summed E-state index contributed by atoms with van der Waals surface area (Å²) in [4.78, 5) is 23.0. The van der Waals surface area contributed by atoms with E-state index in [1.165, 1.54) is 19.3 Å². The Kier molecular flexibility index (Phi) is 2.42. The van der Waals surface area contributed by atoms with Gasteiger partial charge in [-0.15, -0.1) is 0 Å². The van der Waals surface area contributed by atoms with Gasteiger partial charge in [0.25, 0.3) is 0 Å². The highest BCUT2D eigenvalue weighted by molar-refractivity contribution is 5.82. The second-order valence-electron chi connectivity index (χ2n) is 6.08. The molecule has 0 aromatic heterocycles. The van der Waals surface area contributed by atoms with Crippen LogP contribution < -0.4 is 5.32 Å². The van der Waals surface area contributed by atoms with Gasteiger partial charge in [0.15, 0.2) is 0 Å². The molecule has 0 spiro atoms. The lowest BCUT2D eigenvalue weighted by molar-refractivity contribution is -0.143. The van der Waals surface area contributed by atoms with Gasteiger partial charge in [-0.25, -0.2) is 0 Å². The zero-order valence-corrected chi connectivity index (χ0v) is 9.95. The fraction of sp³-hybridized carbons (Fsp3) is 0.846. The van der Waals surface area contributed by atoms with Crippen LogP contribution in [0.4, 0.5) is 0 Å². The smallest absolute Gasteiger partial charge is 0.311 e. The molecule has 2 N–H and O–H groups in total. The highest BCUT2D eigenvalue weighted by Crippen LogP contribution is 2.49. The van der Waals surface area contributed by atoms with Crippen molar-refractivity contribution >= 4 is 11.9 Å². The first-order chi connectivity index (χ1) is 8.11. The molecule has 3 unspecified atom stereocenters. The average Bonchev–Trinajstić information content (AvgIpc) is 2.81. The fourth-order valence-corrected chi connectivity index (χ4v) is 3.57. The van der Waals surface area contributed by atoms with E-state index >= 15 is 0 Å². The van der Waals surface area contributed by atoms with Crippen molar-refractivity contribution in [2.45, 2.75) is 38.5 Å². The zero-order valence-electron chi connectivity index (χ0n) is 9.95. The van der Waals surface area contributed by atoms with Gasteiger partial charge in [0.05, 0.1) is 5.41 Å². The van der Waals surface area contributed by atoms with Crippen molar-refractivity contribution in [2.75, 3.05) is 6.54 Å². The predicted octanol–water partition coefficient (Wildman–Crippen LogP) is 1.40. The molecule has 3 aliphatic carbocycles. The summed E-state index contributed by atoms with van der Waals surface area (Å²) in [6.45, 7) is 0.328. The number of nitrogens with one attached hydrogen (secondary N) is 1. The quantitative estimate of drug-likeness (QED) is 0.776. The second kappa shape index (κ2) is 3.72. The number of fused-ring (bicyclic) bond motifs is 2. The Labute approximate surface area is 101 Å². The molecule has 3 atom stereocenters. The Morgan fingerprint density at radius 2 is 2.00 bits per heavy atom. The van der Waals surface area contributed by atoms with Crippen LogP contribution in [0.1, 0.15) is 38.5 Å². The highest BCUT2D eigenvalue weighted by atomic mass is 16.4. The molecule has 0 saturated heterocycles. The van der Waals surface area contributed by atoms with Crippen molar-refractivity contribution in [2.24, 2.45) is 23.2 Å². The molecule has 0 aliphatic heterocycles. The Hall–Kier alpha value is -1.06. The lowest BCUT2D eigenvalue weighted by Gasteiger charge is -2.21. The van der Waals surface area contributed by atoms with Gasteiger partial charge in [0.2, 0.25) is 5.91 Å². The van der Waals surface area contributed by atoms with Crippen LogP contribution in [-0.2, 0) is 9.59 Å². The first kappa shape index (κ1) is 11.1. The number of amides is 1. The van der Waals surface area contributed by atoms with Crippen LogP contribution in [0.3, 0.4) is 0 Å². The van der Waals surface area contributed by atoms with Crippen molar-refractivity contribution in [1.29, 1.82) is 0 Å². The highest BCUT2D eigenvalue weighted by Gasteiger charge is 2.51. The molecule has 94 valence electrons. The van der Waals surface area contributed by atoms with E-state index in [1.54, 1.807) is 0 Å². The predicted molar refractivity (Wildman–Crippen MR) is 61.3 cm³/mol. The summed E-state index contributed by atoms with van der Waals surface area (Å²) in [7, 11) is 0. The van der Waals surface area contributed by atoms with E-state index in [1.807, 2.05) is 0 Å². The summed E-state index contributed by atoms with van der Waals surface area (Å²) in [5.74, 6) is 0.832. The Balaban J connectivity index is 1.53. The van der Waals surface area contributed by atoms with Crippen LogP contribution in [0.25, 0.3) is 0 Å². The van der Waals surface area contributed by atoms with Crippen molar-refractivity contribution < 1.29 is 14.7 Å². The number of carboxylic acid groups (broad SMARTS) is 1. The van der Waals surface area contributed by atoms with Gasteiger partial charge >= 0.3 is 5.97 Å². The third-order valence-corrected chi connectivity index (χ3v) is 4.98. The fourth-order valence-electron chi connectivity index (χ4n) is 3.57. The van der Waals surface area contributed by atoms with Crippen LogP contribution in [0.2, 0.25) is 0 Å². The van der Waals surface area contributed by atoms with Gasteiger partial charge < -0.3 is 10.4 Å². The maximum atomic E-state index is 12.0. The molecule has 3 saturated carbocycles. The summed E-state index contributed by atoms with van der Waals surface area (Å²) in [6, 6.07) is 0. The van der Waals surface area contributed by atoms with E-state index < -0.39 is 11.4 Å². The lowest BCUT2D eigenvalue weighted by Crippen LogP contribution is -2.39. The number of carbonyl (C=O) groups excluding carboxylic acids is 1. The first-order valence-corrected chi connectivity index (χ1v) is 6.62. The Morgan fingerprint density at radius 3 is 2.47 bits per heavy atom. The van der Waals surface area contributed by atoms with E-state index in [0.717, 1.165) is 12.3 Å². The third kappa shape index (κ3) is 1.83. The molecule has 2 bridgehead atoms. The van der Waals surface area contributed by atoms with E-state index in [0.29, 0.717) is 25.3 Å². The number of hydrogen-bond donors (Lipinski definition) is 2. The third-order valence-electron chi connectivity index (χ3n) is 4.98. The van der Waals surface area contributed by atoms with Crippen molar-refractivity contribution in [3.63, 3.8) is 0 Å². The topological polar surface area (TPSA) is 66.4 Å². The number of carboxylic acids is 1. The monoisotopic (exact) mass is 237 g/mol. The largest absolute Gasteiger partial charge is 0.481 e. The summed E-state index contributed by atoms with van der Waals surface area (Å²) in [5, 5.41) is 11.9. The van der Waals surface area contributed by atoms with Gasteiger partial charge in [0.1, 0.15) is 0 Å². The van der Waals surface area contributed by atoms with Gasteiger partial charge in [-0.05, 0) is 43.9 Å². The van der Waals surface area contributed by atoms with Gasteiger partial charge in [-0.1, -0.05) is 6.42 Å². The molecule has 0 aromatic carbocycles. The normalized spacial score (nSPS) is 36.8. The van der Waals surface area contributed by atoms with Crippen LogP contribution in [0.5, 0.6) is 0 Å². The minimum Gasteiger partial charge on any atom is -0.481 e. The van der Waals surface area contributed by atoms with E-state index in [-0.39, 0.29) is 11.8 Å². The zero-order chi connectivity index (χ0) is 12.0. The Morgan fingerprint density at radius 1 is 1.24 bits per heavy atom. The summed E-state index contributed by atoms with van der Waals surface area (Å²) in [5.41, 5.74) is -0.632. The molecule has 4 nitrogen and oxygen atoms in total. The second-order valence-corrected chi connectivity index (χ2v) is 6.08.